The summed E-state index contributed by atoms with van der Waals surface area (Å²) < 4.78 is 35.4. The summed E-state index contributed by atoms with van der Waals surface area (Å²) in [6, 6.07) is 7.70. The topological polar surface area (TPSA) is 25.8 Å². The van der Waals surface area contributed by atoms with Crippen molar-refractivity contribution in [1.29, 1.82) is 0 Å². The SMILES string of the molecule is FC(F)(F)c1ccc(Cl)cn1.c1ccncc1. The fourth-order valence-electron chi connectivity index (χ4n) is 0.856. The van der Waals surface area contributed by atoms with Crippen molar-refractivity contribution in [2.75, 3.05) is 0 Å². The molecule has 90 valence electrons. The Labute approximate surface area is 101 Å². The quantitative estimate of drug-likeness (QED) is 0.719. The Morgan fingerprint density at radius 1 is 1.00 bits per heavy atom. The van der Waals surface area contributed by atoms with Crippen molar-refractivity contribution >= 4 is 11.6 Å². The second-order valence-corrected chi connectivity index (χ2v) is 3.32. The molecule has 0 radical (unpaired) electrons. The highest BCUT2D eigenvalue weighted by atomic mass is 35.5. The first-order valence-corrected chi connectivity index (χ1v) is 4.91. The lowest BCUT2D eigenvalue weighted by molar-refractivity contribution is -0.141. The van der Waals surface area contributed by atoms with Gasteiger partial charge >= 0.3 is 6.18 Å². The molecule has 6 heteroatoms. The van der Waals surface area contributed by atoms with Gasteiger partial charge in [0.25, 0.3) is 0 Å². The number of alkyl halides is 3. The van der Waals surface area contributed by atoms with Crippen molar-refractivity contribution in [1.82, 2.24) is 9.97 Å². The molecule has 2 heterocycles. The molecule has 0 N–H and O–H groups in total. The molecule has 0 amide bonds. The minimum Gasteiger partial charge on any atom is -0.265 e. The molecule has 0 aromatic carbocycles. The van der Waals surface area contributed by atoms with Gasteiger partial charge in [-0.2, -0.15) is 13.2 Å². The Bertz CT molecular complexity index is 402. The Morgan fingerprint density at radius 2 is 1.65 bits per heavy atom. The third-order valence-electron chi connectivity index (χ3n) is 1.58. The van der Waals surface area contributed by atoms with E-state index in [0.29, 0.717) is 0 Å². The van der Waals surface area contributed by atoms with Crippen LogP contribution in [0.15, 0.2) is 48.9 Å². The van der Waals surface area contributed by atoms with Gasteiger partial charge in [0.15, 0.2) is 0 Å². The first kappa shape index (κ1) is 13.4. The lowest BCUT2D eigenvalue weighted by atomic mass is 10.3. The largest absolute Gasteiger partial charge is 0.433 e. The molecule has 2 aromatic heterocycles. The summed E-state index contributed by atoms with van der Waals surface area (Å²) in [4.78, 5) is 6.88. The molecule has 0 aliphatic rings. The molecule has 0 saturated heterocycles. The van der Waals surface area contributed by atoms with E-state index in [1.165, 1.54) is 0 Å². The van der Waals surface area contributed by atoms with E-state index in [1.807, 2.05) is 18.2 Å². The predicted molar refractivity (Wildman–Crippen MR) is 58.5 cm³/mol. The normalized spacial score (nSPS) is 10.4. The minimum absolute atomic E-state index is 0.193. The third-order valence-corrected chi connectivity index (χ3v) is 1.81. The fraction of sp³-hybridized carbons (Fsp3) is 0.0909. The van der Waals surface area contributed by atoms with Crippen LogP contribution in [0.2, 0.25) is 5.02 Å². The molecular formula is C11H8ClF3N2. The predicted octanol–water partition coefficient (Wildman–Crippen LogP) is 3.84. The molecule has 0 spiro atoms. The van der Waals surface area contributed by atoms with Gasteiger partial charge in [-0.25, -0.2) is 0 Å². The maximum atomic E-state index is 11.8. The number of rotatable bonds is 0. The highest BCUT2D eigenvalue weighted by molar-refractivity contribution is 6.30. The van der Waals surface area contributed by atoms with Crippen LogP contribution >= 0.6 is 11.6 Å². The van der Waals surface area contributed by atoms with Crippen molar-refractivity contribution in [3.05, 3.63) is 59.6 Å². The maximum absolute atomic E-state index is 11.8. The zero-order valence-electron chi connectivity index (χ0n) is 8.53. The van der Waals surface area contributed by atoms with Gasteiger partial charge in [-0.1, -0.05) is 17.7 Å². The van der Waals surface area contributed by atoms with Crippen molar-refractivity contribution < 1.29 is 13.2 Å². The van der Waals surface area contributed by atoms with E-state index in [-0.39, 0.29) is 5.02 Å². The Morgan fingerprint density at radius 3 is 1.94 bits per heavy atom. The van der Waals surface area contributed by atoms with Crippen LogP contribution in [0, 0.1) is 0 Å². The van der Waals surface area contributed by atoms with Gasteiger partial charge in [-0.3, -0.25) is 9.97 Å². The van der Waals surface area contributed by atoms with E-state index < -0.39 is 11.9 Å². The molecule has 0 aliphatic heterocycles. The van der Waals surface area contributed by atoms with Gasteiger partial charge in [0.05, 0.1) is 5.02 Å². The van der Waals surface area contributed by atoms with Crippen LogP contribution in [0.3, 0.4) is 0 Å². The number of halogens is 4. The molecule has 0 bridgehead atoms. The zero-order valence-corrected chi connectivity index (χ0v) is 9.28. The number of aromatic nitrogens is 2. The van der Waals surface area contributed by atoms with Crippen molar-refractivity contribution in [2.24, 2.45) is 0 Å². The van der Waals surface area contributed by atoms with E-state index in [0.717, 1.165) is 18.3 Å². The van der Waals surface area contributed by atoms with Crippen LogP contribution in [0.5, 0.6) is 0 Å². The number of hydrogen-bond acceptors (Lipinski definition) is 2. The molecule has 17 heavy (non-hydrogen) atoms. The van der Waals surface area contributed by atoms with Crippen LogP contribution < -0.4 is 0 Å². The Hall–Kier alpha value is -1.62. The molecule has 0 unspecified atom stereocenters. The van der Waals surface area contributed by atoms with Crippen LogP contribution in [0.1, 0.15) is 5.69 Å². The molecule has 0 saturated carbocycles. The monoisotopic (exact) mass is 260 g/mol. The summed E-state index contributed by atoms with van der Waals surface area (Å²) in [7, 11) is 0. The molecule has 2 rings (SSSR count). The van der Waals surface area contributed by atoms with Crippen LogP contribution in [-0.2, 0) is 6.18 Å². The maximum Gasteiger partial charge on any atom is 0.433 e. The third kappa shape index (κ3) is 5.31. The number of hydrogen-bond donors (Lipinski definition) is 0. The minimum atomic E-state index is -4.38. The van der Waals surface area contributed by atoms with Gasteiger partial charge in [-0.15, -0.1) is 0 Å². The van der Waals surface area contributed by atoms with E-state index in [4.69, 9.17) is 11.6 Å². The van der Waals surface area contributed by atoms with Gasteiger partial charge in [-0.05, 0) is 24.3 Å². The second-order valence-electron chi connectivity index (χ2n) is 2.88. The molecule has 2 aromatic rings. The smallest absolute Gasteiger partial charge is 0.265 e. The van der Waals surface area contributed by atoms with Gasteiger partial charge in [0, 0.05) is 18.6 Å². The van der Waals surface area contributed by atoms with Crippen LogP contribution in [-0.4, -0.2) is 9.97 Å². The molecule has 0 aliphatic carbocycles. The summed E-state index contributed by atoms with van der Waals surface area (Å²) in [6.45, 7) is 0. The summed E-state index contributed by atoms with van der Waals surface area (Å²) in [5.74, 6) is 0. The average Bonchev–Trinajstić information content (AvgIpc) is 2.31. The number of pyridine rings is 2. The molecule has 2 nitrogen and oxygen atoms in total. The molecular weight excluding hydrogens is 253 g/mol. The lowest BCUT2D eigenvalue weighted by Gasteiger charge is -2.03. The standard InChI is InChI=1S/C6H3ClF3N.C5H5N/c7-4-1-2-5(11-3-4)6(8,9)10;1-2-4-6-5-3-1/h1-3H;1-5H. The van der Waals surface area contributed by atoms with Crippen molar-refractivity contribution in [3.63, 3.8) is 0 Å². The second kappa shape index (κ2) is 6.20. The Balaban J connectivity index is 0.000000202. The highest BCUT2D eigenvalue weighted by Crippen LogP contribution is 2.27. The summed E-state index contributed by atoms with van der Waals surface area (Å²) in [6.07, 6.45) is 0.0783. The van der Waals surface area contributed by atoms with E-state index in [2.05, 4.69) is 9.97 Å². The summed E-state index contributed by atoms with van der Waals surface area (Å²) in [5, 5.41) is 0.193. The first-order valence-electron chi connectivity index (χ1n) is 4.54. The van der Waals surface area contributed by atoms with Crippen LogP contribution in [0.25, 0.3) is 0 Å². The zero-order chi connectivity index (χ0) is 12.7. The molecule has 0 fully saturated rings. The van der Waals surface area contributed by atoms with Crippen LogP contribution in [0.4, 0.5) is 13.2 Å². The Kier molecular flexibility index (Phi) is 4.90. The highest BCUT2D eigenvalue weighted by Gasteiger charge is 2.31. The van der Waals surface area contributed by atoms with Gasteiger partial charge in [0.1, 0.15) is 5.69 Å². The van der Waals surface area contributed by atoms with Gasteiger partial charge < -0.3 is 0 Å². The number of nitrogens with zero attached hydrogens (tertiary/aromatic N) is 2. The molecule has 0 atom stereocenters. The van der Waals surface area contributed by atoms with Gasteiger partial charge in [0.2, 0.25) is 0 Å². The van der Waals surface area contributed by atoms with Crippen molar-refractivity contribution in [2.45, 2.75) is 6.18 Å². The van der Waals surface area contributed by atoms with E-state index >= 15 is 0 Å². The average molecular weight is 261 g/mol. The van der Waals surface area contributed by atoms with Crippen molar-refractivity contribution in [3.8, 4) is 0 Å². The summed E-state index contributed by atoms with van der Waals surface area (Å²) in [5.41, 5.74) is -0.929. The van der Waals surface area contributed by atoms with E-state index in [1.54, 1.807) is 12.4 Å². The van der Waals surface area contributed by atoms with E-state index in [9.17, 15) is 13.2 Å². The fourth-order valence-corrected chi connectivity index (χ4v) is 0.968. The lowest BCUT2D eigenvalue weighted by Crippen LogP contribution is -2.06. The first-order chi connectivity index (χ1) is 8.00. The summed E-state index contributed by atoms with van der Waals surface area (Å²) >= 11 is 5.33.